The number of hydrogen-bond acceptors (Lipinski definition) is 5. The smallest absolute Gasteiger partial charge is 0.272 e. The summed E-state index contributed by atoms with van der Waals surface area (Å²) in [5.41, 5.74) is 1.28. The van der Waals surface area contributed by atoms with Crippen LogP contribution in [-0.4, -0.2) is 42.5 Å². The predicted octanol–water partition coefficient (Wildman–Crippen LogP) is 0.0468. The van der Waals surface area contributed by atoms with Crippen LogP contribution in [-0.2, 0) is 13.0 Å². The Balaban J connectivity index is 1.68. The maximum atomic E-state index is 12.5. The third-order valence-electron chi connectivity index (χ3n) is 4.09. The SMILES string of the molecule is O=C(c1cc(=O)[nH][nH]1)N1CCc2c(nc(-c3ccccn3)[nH]c2=O)C1. The summed E-state index contributed by atoms with van der Waals surface area (Å²) < 4.78 is 0. The van der Waals surface area contributed by atoms with Gasteiger partial charge in [0.15, 0.2) is 5.82 Å². The number of rotatable bonds is 2. The summed E-state index contributed by atoms with van der Waals surface area (Å²) in [4.78, 5) is 49.0. The number of aromatic nitrogens is 5. The average molecular weight is 338 g/mol. The Morgan fingerprint density at radius 2 is 2.08 bits per heavy atom. The molecule has 1 aliphatic rings. The zero-order valence-electron chi connectivity index (χ0n) is 13.1. The van der Waals surface area contributed by atoms with Crippen molar-refractivity contribution in [1.82, 2.24) is 30.0 Å². The molecule has 1 aliphatic heterocycles. The molecule has 0 spiro atoms. The Labute approximate surface area is 140 Å². The minimum atomic E-state index is -0.368. The van der Waals surface area contributed by atoms with Crippen LogP contribution in [0.5, 0.6) is 0 Å². The van der Waals surface area contributed by atoms with Crippen molar-refractivity contribution in [2.45, 2.75) is 13.0 Å². The van der Waals surface area contributed by atoms with Gasteiger partial charge in [-0.1, -0.05) is 6.07 Å². The first-order valence-corrected chi connectivity index (χ1v) is 7.72. The number of nitrogens with one attached hydrogen (secondary N) is 3. The average Bonchev–Trinajstić information content (AvgIpc) is 3.07. The Bertz CT molecular complexity index is 1050. The van der Waals surface area contributed by atoms with Crippen molar-refractivity contribution in [3.05, 3.63) is 68.1 Å². The normalized spacial score (nSPS) is 13.5. The van der Waals surface area contributed by atoms with Crippen LogP contribution in [0.2, 0.25) is 0 Å². The monoisotopic (exact) mass is 338 g/mol. The van der Waals surface area contributed by atoms with Gasteiger partial charge >= 0.3 is 0 Å². The Kier molecular flexibility index (Phi) is 3.53. The highest BCUT2D eigenvalue weighted by atomic mass is 16.2. The maximum absolute atomic E-state index is 12.5. The first-order chi connectivity index (χ1) is 12.1. The van der Waals surface area contributed by atoms with Crippen molar-refractivity contribution in [1.29, 1.82) is 0 Å². The first-order valence-electron chi connectivity index (χ1n) is 7.72. The second kappa shape index (κ2) is 5.86. The molecule has 9 heteroatoms. The summed E-state index contributed by atoms with van der Waals surface area (Å²) in [5, 5.41) is 4.89. The second-order valence-corrected chi connectivity index (χ2v) is 5.70. The lowest BCUT2D eigenvalue weighted by molar-refractivity contribution is 0.0725. The minimum Gasteiger partial charge on any atom is -0.331 e. The van der Waals surface area contributed by atoms with Crippen LogP contribution in [0.3, 0.4) is 0 Å². The number of hydrogen-bond donors (Lipinski definition) is 3. The maximum Gasteiger partial charge on any atom is 0.272 e. The third kappa shape index (κ3) is 2.75. The molecule has 0 aromatic carbocycles. The van der Waals surface area contributed by atoms with Gasteiger partial charge in [-0.15, -0.1) is 0 Å². The van der Waals surface area contributed by atoms with Gasteiger partial charge in [0.1, 0.15) is 11.4 Å². The van der Waals surface area contributed by atoms with E-state index in [0.717, 1.165) is 0 Å². The minimum absolute atomic E-state index is 0.184. The van der Waals surface area contributed by atoms with E-state index in [9.17, 15) is 14.4 Å². The standard InChI is InChI=1S/C16H14N6O3/c23-13-7-11(20-21-13)16(25)22-6-4-9-12(8-22)18-14(19-15(9)24)10-3-1-2-5-17-10/h1-3,5,7H,4,6,8H2,(H,18,19,24)(H2,20,21,23). The van der Waals surface area contributed by atoms with Crippen molar-refractivity contribution in [3.63, 3.8) is 0 Å². The number of H-pyrrole nitrogens is 3. The molecule has 9 nitrogen and oxygen atoms in total. The van der Waals surface area contributed by atoms with Crippen molar-refractivity contribution >= 4 is 5.91 Å². The number of aromatic amines is 3. The number of amides is 1. The van der Waals surface area contributed by atoms with E-state index in [4.69, 9.17) is 0 Å². The van der Waals surface area contributed by atoms with Crippen LogP contribution in [0.15, 0.2) is 40.1 Å². The van der Waals surface area contributed by atoms with E-state index < -0.39 is 0 Å². The fourth-order valence-electron chi connectivity index (χ4n) is 2.85. The van der Waals surface area contributed by atoms with Crippen molar-refractivity contribution < 1.29 is 4.79 Å². The van der Waals surface area contributed by atoms with Gasteiger partial charge in [-0.3, -0.25) is 29.6 Å². The van der Waals surface area contributed by atoms with Crippen LogP contribution in [0, 0.1) is 0 Å². The van der Waals surface area contributed by atoms with Gasteiger partial charge in [0.2, 0.25) is 0 Å². The van der Waals surface area contributed by atoms with E-state index in [1.807, 2.05) is 0 Å². The zero-order valence-corrected chi connectivity index (χ0v) is 13.1. The molecule has 0 aliphatic carbocycles. The summed E-state index contributed by atoms with van der Waals surface area (Å²) in [6.45, 7) is 0.581. The van der Waals surface area contributed by atoms with Crippen molar-refractivity contribution in [2.24, 2.45) is 0 Å². The number of fused-ring (bicyclic) bond motifs is 1. The molecule has 3 aromatic heterocycles. The summed E-state index contributed by atoms with van der Waals surface area (Å²) in [7, 11) is 0. The van der Waals surface area contributed by atoms with E-state index in [1.165, 1.54) is 6.07 Å². The molecule has 4 rings (SSSR count). The van der Waals surface area contributed by atoms with Crippen LogP contribution < -0.4 is 11.1 Å². The lowest BCUT2D eigenvalue weighted by Crippen LogP contribution is -2.39. The summed E-state index contributed by atoms with van der Waals surface area (Å²) in [5.74, 6) is 0.0548. The van der Waals surface area contributed by atoms with Gasteiger partial charge in [-0.05, 0) is 18.6 Å². The van der Waals surface area contributed by atoms with Crippen LogP contribution in [0.1, 0.15) is 21.7 Å². The van der Waals surface area contributed by atoms with Gasteiger partial charge in [0.25, 0.3) is 17.0 Å². The third-order valence-corrected chi connectivity index (χ3v) is 4.09. The molecule has 126 valence electrons. The molecule has 0 unspecified atom stereocenters. The highest BCUT2D eigenvalue weighted by Gasteiger charge is 2.26. The topological polar surface area (TPSA) is 128 Å². The summed E-state index contributed by atoms with van der Waals surface area (Å²) in [6, 6.07) is 6.54. The van der Waals surface area contributed by atoms with Gasteiger partial charge in [0.05, 0.1) is 12.2 Å². The first kappa shape index (κ1) is 15.1. The fourth-order valence-corrected chi connectivity index (χ4v) is 2.85. The molecule has 0 atom stereocenters. The zero-order chi connectivity index (χ0) is 17.4. The molecule has 1 amide bonds. The molecule has 25 heavy (non-hydrogen) atoms. The largest absolute Gasteiger partial charge is 0.331 e. The van der Waals surface area contributed by atoms with E-state index in [-0.39, 0.29) is 29.3 Å². The molecule has 0 fully saturated rings. The van der Waals surface area contributed by atoms with E-state index in [0.29, 0.717) is 35.7 Å². The molecule has 0 bridgehead atoms. The highest BCUT2D eigenvalue weighted by Crippen LogP contribution is 2.18. The number of pyridine rings is 1. The van der Waals surface area contributed by atoms with Gasteiger partial charge in [-0.25, -0.2) is 4.98 Å². The summed E-state index contributed by atoms with van der Waals surface area (Å²) >= 11 is 0. The Morgan fingerprint density at radius 1 is 1.20 bits per heavy atom. The number of nitrogens with zero attached hydrogens (tertiary/aromatic N) is 3. The van der Waals surface area contributed by atoms with Gasteiger partial charge in [0, 0.05) is 24.4 Å². The highest BCUT2D eigenvalue weighted by molar-refractivity contribution is 5.92. The fraction of sp³-hybridized carbons (Fsp3) is 0.188. The van der Waals surface area contributed by atoms with Gasteiger partial charge < -0.3 is 9.88 Å². The van der Waals surface area contributed by atoms with E-state index in [1.54, 1.807) is 29.3 Å². The van der Waals surface area contributed by atoms with Gasteiger partial charge in [-0.2, -0.15) is 0 Å². The van der Waals surface area contributed by atoms with Crippen LogP contribution in [0.4, 0.5) is 0 Å². The molecule has 0 saturated heterocycles. The van der Waals surface area contributed by atoms with Crippen LogP contribution >= 0.6 is 0 Å². The van der Waals surface area contributed by atoms with Crippen molar-refractivity contribution in [3.8, 4) is 11.5 Å². The summed E-state index contributed by atoms with van der Waals surface area (Å²) in [6.07, 6.45) is 2.02. The molecule has 3 N–H and O–H groups in total. The molecule has 0 saturated carbocycles. The Hall–Kier alpha value is -3.49. The molecular weight excluding hydrogens is 324 g/mol. The second-order valence-electron chi connectivity index (χ2n) is 5.70. The van der Waals surface area contributed by atoms with Crippen LogP contribution in [0.25, 0.3) is 11.5 Å². The van der Waals surface area contributed by atoms with E-state index >= 15 is 0 Å². The predicted molar refractivity (Wildman–Crippen MR) is 87.9 cm³/mol. The van der Waals surface area contributed by atoms with Crippen molar-refractivity contribution in [2.75, 3.05) is 6.54 Å². The quantitative estimate of drug-likeness (QED) is 0.608. The molecular formula is C16H14N6O3. The molecule has 0 radical (unpaired) electrons. The number of carbonyl (C=O) groups is 1. The number of carbonyl (C=O) groups excluding carboxylic acids is 1. The lowest BCUT2D eigenvalue weighted by atomic mass is 10.1. The lowest BCUT2D eigenvalue weighted by Gasteiger charge is -2.27. The van der Waals surface area contributed by atoms with E-state index in [2.05, 4.69) is 25.1 Å². The molecule has 3 aromatic rings. The molecule has 4 heterocycles. The Morgan fingerprint density at radius 3 is 2.80 bits per heavy atom.